The predicted molar refractivity (Wildman–Crippen MR) is 118 cm³/mol. The molecule has 4 nitrogen and oxygen atoms in total. The second kappa shape index (κ2) is 8.64. The van der Waals surface area contributed by atoms with E-state index in [1.165, 1.54) is 24.3 Å². The third-order valence-corrected chi connectivity index (χ3v) is 6.42. The summed E-state index contributed by atoms with van der Waals surface area (Å²) in [6.45, 7) is 3.76. The van der Waals surface area contributed by atoms with E-state index in [1.54, 1.807) is 60.7 Å². The van der Waals surface area contributed by atoms with Crippen molar-refractivity contribution >= 4 is 39.3 Å². The zero-order valence-corrected chi connectivity index (χ0v) is 17.6. The Hall–Kier alpha value is -2.89. The summed E-state index contributed by atoms with van der Waals surface area (Å²) in [6.07, 6.45) is 2.73. The highest BCUT2D eigenvalue weighted by molar-refractivity contribution is 7.93. The Morgan fingerprint density at radius 1 is 0.862 bits per heavy atom. The lowest BCUT2D eigenvalue weighted by Gasteiger charge is -2.21. The topological polar surface area (TPSA) is 54.5 Å². The molecule has 0 aliphatic carbocycles. The highest BCUT2D eigenvalue weighted by Gasteiger charge is 2.29. The molecule has 29 heavy (non-hydrogen) atoms. The van der Waals surface area contributed by atoms with Crippen molar-refractivity contribution in [3.8, 4) is 0 Å². The molecule has 0 aliphatic heterocycles. The molecule has 148 valence electrons. The minimum atomic E-state index is -4.10. The third kappa shape index (κ3) is 4.75. The standard InChI is InChI=1S/C23H20ClNO3S/c1-17-7-12-20(13-8-17)25(29(27,28)21-14-9-18(2)10-15-21)23(26)16-11-19-5-3-4-6-22(19)24/h3-16H,1-2H3/b16-11+. The van der Waals surface area contributed by atoms with Crippen molar-refractivity contribution in [1.29, 1.82) is 0 Å². The summed E-state index contributed by atoms with van der Waals surface area (Å²) in [6, 6.07) is 20.2. The smallest absolute Gasteiger partial charge is 0.268 e. The molecule has 0 fully saturated rings. The van der Waals surface area contributed by atoms with Crippen molar-refractivity contribution < 1.29 is 13.2 Å². The Bertz CT molecular complexity index is 1150. The Morgan fingerprint density at radius 2 is 1.41 bits per heavy atom. The van der Waals surface area contributed by atoms with Gasteiger partial charge in [0.05, 0.1) is 10.6 Å². The summed E-state index contributed by atoms with van der Waals surface area (Å²) in [5.41, 5.74) is 2.78. The van der Waals surface area contributed by atoms with Crippen LogP contribution in [0.3, 0.4) is 0 Å². The van der Waals surface area contributed by atoms with E-state index in [0.717, 1.165) is 15.4 Å². The van der Waals surface area contributed by atoms with Crippen molar-refractivity contribution in [2.75, 3.05) is 4.31 Å². The first-order chi connectivity index (χ1) is 13.8. The molecule has 0 aliphatic rings. The minimum Gasteiger partial charge on any atom is -0.268 e. The van der Waals surface area contributed by atoms with Gasteiger partial charge >= 0.3 is 0 Å². The van der Waals surface area contributed by atoms with Gasteiger partial charge in [-0.3, -0.25) is 4.79 Å². The zero-order valence-electron chi connectivity index (χ0n) is 16.0. The summed E-state index contributed by atoms with van der Waals surface area (Å²) in [4.78, 5) is 13.1. The van der Waals surface area contributed by atoms with Crippen LogP contribution in [0, 0.1) is 13.8 Å². The lowest BCUT2D eigenvalue weighted by Crippen LogP contribution is -2.35. The quantitative estimate of drug-likeness (QED) is 0.515. The van der Waals surface area contributed by atoms with Gasteiger partial charge in [-0.2, -0.15) is 4.31 Å². The largest absolute Gasteiger partial charge is 0.271 e. The molecule has 0 saturated carbocycles. The van der Waals surface area contributed by atoms with E-state index >= 15 is 0 Å². The van der Waals surface area contributed by atoms with Crippen molar-refractivity contribution in [3.05, 3.63) is 101 Å². The molecule has 0 atom stereocenters. The fraction of sp³-hybridized carbons (Fsp3) is 0.0870. The van der Waals surface area contributed by atoms with Gasteiger partial charge in [-0.15, -0.1) is 0 Å². The summed E-state index contributed by atoms with van der Waals surface area (Å²) in [5, 5.41) is 0.472. The van der Waals surface area contributed by atoms with Crippen LogP contribution < -0.4 is 4.31 Å². The maximum atomic E-state index is 13.3. The van der Waals surface area contributed by atoms with Crippen molar-refractivity contribution in [2.24, 2.45) is 0 Å². The first-order valence-electron chi connectivity index (χ1n) is 8.94. The fourth-order valence-electron chi connectivity index (χ4n) is 2.72. The van der Waals surface area contributed by atoms with E-state index in [9.17, 15) is 13.2 Å². The SMILES string of the molecule is Cc1ccc(N(C(=O)/C=C/c2ccccc2Cl)S(=O)(=O)c2ccc(C)cc2)cc1. The van der Waals surface area contributed by atoms with Gasteiger partial charge in [-0.05, 0) is 55.8 Å². The average molecular weight is 426 g/mol. The van der Waals surface area contributed by atoms with Gasteiger partial charge in [0.25, 0.3) is 15.9 Å². The summed E-state index contributed by atoms with van der Waals surface area (Å²) < 4.78 is 27.4. The van der Waals surface area contributed by atoms with Gasteiger partial charge in [0.15, 0.2) is 0 Å². The number of rotatable bonds is 5. The zero-order chi connectivity index (χ0) is 21.0. The van der Waals surface area contributed by atoms with Gasteiger partial charge in [0.2, 0.25) is 0 Å². The number of anilines is 1. The molecule has 0 spiro atoms. The number of sulfonamides is 1. The number of hydrogen-bond donors (Lipinski definition) is 0. The van der Waals surface area contributed by atoms with E-state index in [4.69, 9.17) is 11.6 Å². The van der Waals surface area contributed by atoms with Crippen LogP contribution in [0.2, 0.25) is 5.02 Å². The van der Waals surface area contributed by atoms with Crippen LogP contribution in [-0.4, -0.2) is 14.3 Å². The van der Waals surface area contributed by atoms with E-state index < -0.39 is 15.9 Å². The molecule has 6 heteroatoms. The van der Waals surface area contributed by atoms with Gasteiger partial charge in [0, 0.05) is 11.1 Å². The molecule has 0 unspecified atom stereocenters. The molecule has 0 heterocycles. The highest BCUT2D eigenvalue weighted by atomic mass is 35.5. The number of amides is 1. The van der Waals surface area contributed by atoms with E-state index in [2.05, 4.69) is 0 Å². The van der Waals surface area contributed by atoms with E-state index in [-0.39, 0.29) is 10.6 Å². The molecule has 0 radical (unpaired) electrons. The maximum Gasteiger partial charge on any atom is 0.271 e. The Balaban J connectivity index is 2.05. The monoisotopic (exact) mass is 425 g/mol. The van der Waals surface area contributed by atoms with Gasteiger partial charge in [-0.1, -0.05) is 65.2 Å². The normalized spacial score (nSPS) is 11.6. The van der Waals surface area contributed by atoms with Gasteiger partial charge < -0.3 is 0 Å². The molecule has 3 aromatic carbocycles. The number of halogens is 1. The van der Waals surface area contributed by atoms with Crippen LogP contribution in [0.25, 0.3) is 6.08 Å². The van der Waals surface area contributed by atoms with Crippen LogP contribution in [-0.2, 0) is 14.8 Å². The van der Waals surface area contributed by atoms with E-state index in [1.807, 2.05) is 13.8 Å². The van der Waals surface area contributed by atoms with Crippen molar-refractivity contribution in [3.63, 3.8) is 0 Å². The predicted octanol–water partition coefficient (Wildman–Crippen LogP) is 5.39. The Labute approximate surface area is 176 Å². The van der Waals surface area contributed by atoms with Crippen molar-refractivity contribution in [1.82, 2.24) is 0 Å². The molecule has 0 saturated heterocycles. The van der Waals surface area contributed by atoms with E-state index in [0.29, 0.717) is 10.6 Å². The first kappa shape index (κ1) is 20.8. The molecule has 0 aromatic heterocycles. The summed E-state index contributed by atoms with van der Waals surface area (Å²) in [7, 11) is -4.10. The third-order valence-electron chi connectivity index (χ3n) is 4.34. The van der Waals surface area contributed by atoms with Crippen molar-refractivity contribution in [2.45, 2.75) is 18.7 Å². The summed E-state index contributed by atoms with van der Waals surface area (Å²) in [5.74, 6) is -0.686. The molecule has 1 amide bonds. The van der Waals surface area contributed by atoms with Crippen LogP contribution in [0.5, 0.6) is 0 Å². The molecule has 3 rings (SSSR count). The number of carbonyl (C=O) groups is 1. The molecule has 3 aromatic rings. The van der Waals surface area contributed by atoms with Gasteiger partial charge in [-0.25, -0.2) is 8.42 Å². The van der Waals surface area contributed by atoms with Gasteiger partial charge in [0.1, 0.15) is 0 Å². The number of nitrogens with zero attached hydrogens (tertiary/aromatic N) is 1. The Morgan fingerprint density at radius 3 is 2.00 bits per heavy atom. The average Bonchev–Trinajstić information content (AvgIpc) is 2.69. The number of hydrogen-bond acceptors (Lipinski definition) is 3. The molecular weight excluding hydrogens is 406 g/mol. The highest BCUT2D eigenvalue weighted by Crippen LogP contribution is 2.25. The van der Waals surface area contributed by atoms with Crippen LogP contribution >= 0.6 is 11.6 Å². The Kier molecular flexibility index (Phi) is 6.20. The number of carbonyl (C=O) groups excluding carboxylic acids is 1. The lowest BCUT2D eigenvalue weighted by atomic mass is 10.2. The second-order valence-electron chi connectivity index (χ2n) is 6.61. The second-order valence-corrected chi connectivity index (χ2v) is 8.81. The van der Waals surface area contributed by atoms with Crippen LogP contribution in [0.4, 0.5) is 5.69 Å². The fourth-order valence-corrected chi connectivity index (χ4v) is 4.31. The molecular formula is C23H20ClNO3S. The summed E-state index contributed by atoms with van der Waals surface area (Å²) >= 11 is 6.13. The molecule has 0 bridgehead atoms. The first-order valence-corrected chi connectivity index (χ1v) is 10.8. The maximum absolute atomic E-state index is 13.3. The number of benzene rings is 3. The number of aryl methyl sites for hydroxylation is 2. The van der Waals surface area contributed by atoms with Crippen LogP contribution in [0.15, 0.2) is 83.8 Å². The minimum absolute atomic E-state index is 0.0446. The van der Waals surface area contributed by atoms with Crippen LogP contribution in [0.1, 0.15) is 16.7 Å². The molecule has 0 N–H and O–H groups in total. The lowest BCUT2D eigenvalue weighted by molar-refractivity contribution is -0.113.